The van der Waals surface area contributed by atoms with Crippen molar-refractivity contribution in [3.63, 3.8) is 0 Å². The lowest BCUT2D eigenvalue weighted by Crippen LogP contribution is -2.31. The minimum atomic E-state index is -0.239. The summed E-state index contributed by atoms with van der Waals surface area (Å²) in [7, 11) is 0. The molecule has 0 fully saturated rings. The molecule has 0 aromatic heterocycles. The van der Waals surface area contributed by atoms with Gasteiger partial charge in [-0.15, -0.1) is 0 Å². The quantitative estimate of drug-likeness (QED) is 0.720. The monoisotopic (exact) mass is 381 g/mol. The van der Waals surface area contributed by atoms with E-state index in [1.54, 1.807) is 48.5 Å². The maximum atomic E-state index is 12.2. The maximum Gasteiger partial charge on any atom is 0.226 e. The Hall–Kier alpha value is -3.48. The van der Waals surface area contributed by atoms with Gasteiger partial charge in [0.15, 0.2) is 5.78 Å². The number of nitrogens with one attached hydrogen (secondary N) is 2. The van der Waals surface area contributed by atoms with E-state index in [0.717, 1.165) is 0 Å². The molecule has 3 amide bonds. The first-order valence-corrected chi connectivity index (χ1v) is 8.83. The van der Waals surface area contributed by atoms with Crippen molar-refractivity contribution in [2.24, 2.45) is 0 Å². The molecule has 2 aromatic rings. The van der Waals surface area contributed by atoms with E-state index in [0.29, 0.717) is 22.6 Å². The number of Topliss-reactive ketones (excluding diaryl/α,β-unsaturated/α-hetero) is 1. The molecule has 0 radical (unpaired) electrons. The van der Waals surface area contributed by atoms with E-state index in [1.165, 1.54) is 25.7 Å². The van der Waals surface area contributed by atoms with Crippen LogP contribution in [0.3, 0.4) is 0 Å². The Balaban J connectivity index is 1.96. The molecule has 0 unspecified atom stereocenters. The SMILES string of the molecule is CC(=O)Nc1ccc(N(CCC(=O)Nc2ccc(C(C)=O)cc2)C(C)=O)cc1. The van der Waals surface area contributed by atoms with Crippen molar-refractivity contribution >= 4 is 40.6 Å². The lowest BCUT2D eigenvalue weighted by molar-refractivity contribution is -0.117. The predicted octanol–water partition coefficient (Wildman–Crippen LogP) is 3.23. The van der Waals surface area contributed by atoms with E-state index in [-0.39, 0.29) is 36.5 Å². The number of benzene rings is 2. The highest BCUT2D eigenvalue weighted by Gasteiger charge is 2.14. The van der Waals surface area contributed by atoms with Gasteiger partial charge < -0.3 is 15.5 Å². The molecule has 0 aliphatic carbocycles. The van der Waals surface area contributed by atoms with Crippen LogP contribution >= 0.6 is 0 Å². The van der Waals surface area contributed by atoms with Crippen molar-refractivity contribution in [3.8, 4) is 0 Å². The molecule has 0 aliphatic heterocycles. The molecule has 0 atom stereocenters. The second-order valence-electron chi connectivity index (χ2n) is 6.33. The molecule has 7 heteroatoms. The predicted molar refractivity (Wildman–Crippen MR) is 108 cm³/mol. The number of amides is 3. The van der Waals surface area contributed by atoms with Crippen LogP contribution in [0.25, 0.3) is 0 Å². The number of ketones is 1. The Morgan fingerprint density at radius 2 is 1.32 bits per heavy atom. The van der Waals surface area contributed by atoms with Gasteiger partial charge in [0.25, 0.3) is 0 Å². The molecule has 2 rings (SSSR count). The molecule has 2 aromatic carbocycles. The summed E-state index contributed by atoms with van der Waals surface area (Å²) in [5, 5.41) is 5.41. The zero-order valence-electron chi connectivity index (χ0n) is 16.1. The van der Waals surface area contributed by atoms with Crippen LogP contribution in [-0.4, -0.2) is 30.0 Å². The molecule has 0 heterocycles. The zero-order valence-corrected chi connectivity index (χ0v) is 16.1. The minimum Gasteiger partial charge on any atom is -0.326 e. The Labute approximate surface area is 163 Å². The van der Waals surface area contributed by atoms with Gasteiger partial charge in [-0.2, -0.15) is 0 Å². The van der Waals surface area contributed by atoms with Crippen molar-refractivity contribution in [3.05, 3.63) is 54.1 Å². The number of nitrogens with zero attached hydrogens (tertiary/aromatic N) is 1. The molecule has 146 valence electrons. The first-order valence-electron chi connectivity index (χ1n) is 8.83. The summed E-state index contributed by atoms with van der Waals surface area (Å²) < 4.78 is 0. The normalized spacial score (nSPS) is 10.1. The summed E-state index contributed by atoms with van der Waals surface area (Å²) in [6, 6.07) is 13.5. The van der Waals surface area contributed by atoms with Crippen molar-refractivity contribution in [1.29, 1.82) is 0 Å². The summed E-state index contributed by atoms with van der Waals surface area (Å²) in [5.41, 5.74) is 2.43. The highest BCUT2D eigenvalue weighted by molar-refractivity contribution is 5.97. The number of rotatable bonds is 7. The first kappa shape index (κ1) is 20.8. The summed E-state index contributed by atoms with van der Waals surface area (Å²) in [5.74, 6) is -0.647. The van der Waals surface area contributed by atoms with Crippen LogP contribution in [0.4, 0.5) is 17.1 Å². The fourth-order valence-electron chi connectivity index (χ4n) is 2.62. The third-order valence-corrected chi connectivity index (χ3v) is 4.02. The lowest BCUT2D eigenvalue weighted by Gasteiger charge is -2.21. The van der Waals surface area contributed by atoms with Crippen molar-refractivity contribution in [2.45, 2.75) is 27.2 Å². The molecule has 0 aliphatic rings. The van der Waals surface area contributed by atoms with E-state index in [4.69, 9.17) is 0 Å². The smallest absolute Gasteiger partial charge is 0.226 e. The average molecular weight is 381 g/mol. The molecule has 2 N–H and O–H groups in total. The topological polar surface area (TPSA) is 95.6 Å². The Kier molecular flexibility index (Phi) is 7.03. The number of hydrogen-bond acceptors (Lipinski definition) is 4. The Morgan fingerprint density at radius 3 is 1.82 bits per heavy atom. The van der Waals surface area contributed by atoms with Crippen LogP contribution in [0.2, 0.25) is 0 Å². The number of anilines is 3. The van der Waals surface area contributed by atoms with Crippen LogP contribution in [0, 0.1) is 0 Å². The van der Waals surface area contributed by atoms with E-state index < -0.39 is 0 Å². The van der Waals surface area contributed by atoms with Gasteiger partial charge >= 0.3 is 0 Å². The molecular formula is C21H23N3O4. The third-order valence-electron chi connectivity index (χ3n) is 4.02. The zero-order chi connectivity index (χ0) is 20.7. The second-order valence-corrected chi connectivity index (χ2v) is 6.33. The summed E-state index contributed by atoms with van der Waals surface area (Å²) in [4.78, 5) is 48.0. The largest absolute Gasteiger partial charge is 0.326 e. The summed E-state index contributed by atoms with van der Waals surface area (Å²) in [6.45, 7) is 4.54. The van der Waals surface area contributed by atoms with E-state index >= 15 is 0 Å². The van der Waals surface area contributed by atoms with Gasteiger partial charge in [0.05, 0.1) is 0 Å². The van der Waals surface area contributed by atoms with Crippen molar-refractivity contribution < 1.29 is 19.2 Å². The van der Waals surface area contributed by atoms with Crippen LogP contribution in [0.15, 0.2) is 48.5 Å². The maximum absolute atomic E-state index is 12.2. The van der Waals surface area contributed by atoms with Gasteiger partial charge in [0, 0.05) is 49.4 Å². The number of carbonyl (C=O) groups excluding carboxylic acids is 4. The highest BCUT2D eigenvalue weighted by atomic mass is 16.2. The molecule has 28 heavy (non-hydrogen) atoms. The van der Waals surface area contributed by atoms with Crippen LogP contribution in [0.5, 0.6) is 0 Å². The van der Waals surface area contributed by atoms with E-state index in [2.05, 4.69) is 10.6 Å². The highest BCUT2D eigenvalue weighted by Crippen LogP contribution is 2.19. The van der Waals surface area contributed by atoms with Crippen molar-refractivity contribution in [2.75, 3.05) is 22.1 Å². The number of hydrogen-bond donors (Lipinski definition) is 2. The van der Waals surface area contributed by atoms with Gasteiger partial charge in [0.1, 0.15) is 0 Å². The van der Waals surface area contributed by atoms with Gasteiger partial charge in [-0.25, -0.2) is 0 Å². The fraction of sp³-hybridized carbons (Fsp3) is 0.238. The minimum absolute atomic E-state index is 0.0421. The Bertz CT molecular complexity index is 874. The molecule has 0 saturated heterocycles. The second kappa shape index (κ2) is 9.45. The van der Waals surface area contributed by atoms with Crippen LogP contribution in [0.1, 0.15) is 37.6 Å². The molecule has 0 spiro atoms. The third kappa shape index (κ3) is 6.05. The molecule has 7 nitrogen and oxygen atoms in total. The average Bonchev–Trinajstić information content (AvgIpc) is 2.63. The summed E-state index contributed by atoms with van der Waals surface area (Å²) >= 11 is 0. The fourth-order valence-corrected chi connectivity index (χ4v) is 2.62. The molecule has 0 saturated carbocycles. The van der Waals surface area contributed by atoms with Gasteiger partial charge in [-0.05, 0) is 55.5 Å². The van der Waals surface area contributed by atoms with Gasteiger partial charge in [-0.3, -0.25) is 19.2 Å². The van der Waals surface area contributed by atoms with Crippen LogP contribution in [-0.2, 0) is 14.4 Å². The molecule has 0 bridgehead atoms. The van der Waals surface area contributed by atoms with Gasteiger partial charge in [0.2, 0.25) is 17.7 Å². The van der Waals surface area contributed by atoms with E-state index in [9.17, 15) is 19.2 Å². The standard InChI is InChI=1S/C21H23N3O4/c1-14(25)17-4-6-19(7-5-17)23-21(28)12-13-24(16(3)27)20-10-8-18(9-11-20)22-15(2)26/h4-11H,12-13H2,1-3H3,(H,22,26)(H,23,28). The number of carbonyl (C=O) groups is 4. The Morgan fingerprint density at radius 1 is 0.786 bits per heavy atom. The lowest BCUT2D eigenvalue weighted by atomic mass is 10.1. The summed E-state index contributed by atoms with van der Waals surface area (Å²) in [6.07, 6.45) is 0.113. The molecular weight excluding hydrogens is 358 g/mol. The van der Waals surface area contributed by atoms with Gasteiger partial charge in [-0.1, -0.05) is 0 Å². The first-order chi connectivity index (χ1) is 13.3. The van der Waals surface area contributed by atoms with Crippen LogP contribution < -0.4 is 15.5 Å². The van der Waals surface area contributed by atoms with Crippen molar-refractivity contribution in [1.82, 2.24) is 0 Å². The van der Waals surface area contributed by atoms with E-state index in [1.807, 2.05) is 0 Å².